The predicted molar refractivity (Wildman–Crippen MR) is 83.8 cm³/mol. The van der Waals surface area contributed by atoms with E-state index < -0.39 is 0 Å². The van der Waals surface area contributed by atoms with E-state index in [1.54, 1.807) is 11.3 Å². The first kappa shape index (κ1) is 14.1. The summed E-state index contributed by atoms with van der Waals surface area (Å²) < 4.78 is 0. The van der Waals surface area contributed by atoms with Crippen molar-refractivity contribution in [3.8, 4) is 0 Å². The highest BCUT2D eigenvalue weighted by molar-refractivity contribution is 8.07. The lowest BCUT2D eigenvalue weighted by Crippen LogP contribution is -2.42. The van der Waals surface area contributed by atoms with Crippen molar-refractivity contribution in [2.24, 2.45) is 5.73 Å². The van der Waals surface area contributed by atoms with Crippen LogP contribution in [0.3, 0.4) is 0 Å². The summed E-state index contributed by atoms with van der Waals surface area (Å²) in [6, 6.07) is 2.20. The molecular formula is C12H18ClNS3. The van der Waals surface area contributed by atoms with Crippen molar-refractivity contribution in [1.29, 1.82) is 0 Å². The molecule has 3 unspecified atom stereocenters. The molecule has 5 heteroatoms. The second-order valence-electron chi connectivity index (χ2n) is 4.21. The van der Waals surface area contributed by atoms with Crippen LogP contribution in [-0.4, -0.2) is 28.0 Å². The minimum atomic E-state index is 0.230. The van der Waals surface area contributed by atoms with E-state index >= 15 is 0 Å². The SMILES string of the molecule is CCC1SCCSC1C(N)Cc1sccc1Cl. The molecule has 0 bridgehead atoms. The maximum absolute atomic E-state index is 6.39. The highest BCUT2D eigenvalue weighted by Crippen LogP contribution is 2.36. The topological polar surface area (TPSA) is 26.0 Å². The number of hydrogen-bond acceptors (Lipinski definition) is 4. The lowest BCUT2D eigenvalue weighted by atomic mass is 10.1. The van der Waals surface area contributed by atoms with Crippen LogP contribution in [0, 0.1) is 0 Å². The van der Waals surface area contributed by atoms with Gasteiger partial charge in [-0.2, -0.15) is 23.5 Å². The summed E-state index contributed by atoms with van der Waals surface area (Å²) in [5, 5.41) is 4.22. The Balaban J connectivity index is 1.98. The fourth-order valence-corrected chi connectivity index (χ4v) is 6.52. The van der Waals surface area contributed by atoms with Crippen LogP contribution >= 0.6 is 46.5 Å². The molecule has 0 aromatic carbocycles. The summed E-state index contributed by atoms with van der Waals surface area (Å²) in [5.74, 6) is 2.50. The van der Waals surface area contributed by atoms with E-state index in [0.717, 1.165) is 11.4 Å². The van der Waals surface area contributed by atoms with Gasteiger partial charge in [0.15, 0.2) is 0 Å². The van der Waals surface area contributed by atoms with Gasteiger partial charge in [-0.25, -0.2) is 0 Å². The standard InChI is InChI=1S/C12H18ClNS3/c1-2-10-12(17-6-5-16-10)9(14)7-11-8(13)3-4-15-11/h3-4,9-10,12H,2,5-7,14H2,1H3. The maximum Gasteiger partial charge on any atom is 0.0545 e. The van der Waals surface area contributed by atoms with Gasteiger partial charge in [-0.1, -0.05) is 18.5 Å². The Morgan fingerprint density at radius 2 is 2.24 bits per heavy atom. The zero-order chi connectivity index (χ0) is 12.3. The van der Waals surface area contributed by atoms with Crippen molar-refractivity contribution in [2.45, 2.75) is 36.3 Å². The fraction of sp³-hybridized carbons (Fsp3) is 0.667. The molecule has 1 aliphatic heterocycles. The van der Waals surface area contributed by atoms with Gasteiger partial charge in [-0.15, -0.1) is 11.3 Å². The van der Waals surface area contributed by atoms with Crippen LogP contribution in [0.25, 0.3) is 0 Å². The number of thiophene rings is 1. The third-order valence-corrected chi connectivity index (χ3v) is 7.87. The Hall–Kier alpha value is 0.650. The third-order valence-electron chi connectivity index (χ3n) is 3.03. The second kappa shape index (κ2) is 6.71. The number of halogens is 1. The van der Waals surface area contributed by atoms with Crippen molar-refractivity contribution >= 4 is 46.5 Å². The largest absolute Gasteiger partial charge is 0.326 e. The normalized spacial score (nSPS) is 27.0. The summed E-state index contributed by atoms with van der Waals surface area (Å²) in [6.07, 6.45) is 2.14. The van der Waals surface area contributed by atoms with Crippen LogP contribution in [-0.2, 0) is 6.42 Å². The van der Waals surface area contributed by atoms with Crippen molar-refractivity contribution in [2.75, 3.05) is 11.5 Å². The molecule has 0 saturated carbocycles. The Bertz CT molecular complexity index is 355. The molecule has 1 aromatic rings. The summed E-state index contributed by atoms with van der Waals surface area (Å²) in [5.41, 5.74) is 6.39. The molecule has 2 N–H and O–H groups in total. The molecule has 0 amide bonds. The van der Waals surface area contributed by atoms with Gasteiger partial charge in [0.1, 0.15) is 0 Å². The molecular weight excluding hydrogens is 290 g/mol. The zero-order valence-corrected chi connectivity index (χ0v) is 13.1. The Morgan fingerprint density at radius 3 is 2.88 bits per heavy atom. The van der Waals surface area contributed by atoms with Gasteiger partial charge in [0, 0.05) is 32.9 Å². The summed E-state index contributed by atoms with van der Waals surface area (Å²) in [6.45, 7) is 2.27. The first-order chi connectivity index (χ1) is 8.22. The predicted octanol–water partition coefficient (Wildman–Crippen LogP) is 3.90. The monoisotopic (exact) mass is 307 g/mol. The summed E-state index contributed by atoms with van der Waals surface area (Å²) in [7, 11) is 0. The summed E-state index contributed by atoms with van der Waals surface area (Å²) in [4.78, 5) is 1.24. The van der Waals surface area contributed by atoms with E-state index in [2.05, 4.69) is 18.7 Å². The van der Waals surface area contributed by atoms with Crippen molar-refractivity contribution in [3.63, 3.8) is 0 Å². The van der Waals surface area contributed by atoms with Gasteiger partial charge in [-0.3, -0.25) is 0 Å². The molecule has 0 spiro atoms. The van der Waals surface area contributed by atoms with E-state index in [1.807, 2.05) is 23.2 Å². The van der Waals surface area contributed by atoms with Crippen LogP contribution < -0.4 is 5.73 Å². The Morgan fingerprint density at radius 1 is 1.47 bits per heavy atom. The molecule has 3 atom stereocenters. The number of rotatable bonds is 4. The minimum Gasteiger partial charge on any atom is -0.326 e. The molecule has 2 rings (SSSR count). The van der Waals surface area contributed by atoms with E-state index in [9.17, 15) is 0 Å². The number of thioether (sulfide) groups is 2. The van der Waals surface area contributed by atoms with Gasteiger partial charge in [0.05, 0.1) is 5.02 Å². The first-order valence-corrected chi connectivity index (χ1v) is 9.28. The van der Waals surface area contributed by atoms with Crippen LogP contribution in [0.4, 0.5) is 0 Å². The molecule has 0 aliphatic carbocycles. The van der Waals surface area contributed by atoms with Crippen LogP contribution in [0.5, 0.6) is 0 Å². The Kier molecular flexibility index (Phi) is 5.55. The van der Waals surface area contributed by atoms with Crippen LogP contribution in [0.15, 0.2) is 11.4 Å². The van der Waals surface area contributed by atoms with Crippen LogP contribution in [0.2, 0.25) is 5.02 Å². The molecule has 1 nitrogen and oxygen atoms in total. The van der Waals surface area contributed by atoms with E-state index in [4.69, 9.17) is 17.3 Å². The van der Waals surface area contributed by atoms with Crippen LogP contribution in [0.1, 0.15) is 18.2 Å². The highest BCUT2D eigenvalue weighted by atomic mass is 35.5. The number of hydrogen-bond donors (Lipinski definition) is 1. The molecule has 1 fully saturated rings. The smallest absolute Gasteiger partial charge is 0.0545 e. The van der Waals surface area contributed by atoms with E-state index in [1.165, 1.54) is 22.8 Å². The Labute approximate surface area is 121 Å². The molecule has 1 aliphatic rings. The average Bonchev–Trinajstić information content (AvgIpc) is 2.75. The molecule has 17 heavy (non-hydrogen) atoms. The maximum atomic E-state index is 6.39. The molecule has 2 heterocycles. The minimum absolute atomic E-state index is 0.230. The van der Waals surface area contributed by atoms with E-state index in [-0.39, 0.29) is 6.04 Å². The van der Waals surface area contributed by atoms with Crippen molar-refractivity contribution in [1.82, 2.24) is 0 Å². The molecule has 96 valence electrons. The number of nitrogens with two attached hydrogens (primary N) is 1. The lowest BCUT2D eigenvalue weighted by Gasteiger charge is -2.34. The third kappa shape index (κ3) is 3.57. The van der Waals surface area contributed by atoms with Crippen molar-refractivity contribution in [3.05, 3.63) is 21.3 Å². The molecule has 0 radical (unpaired) electrons. The second-order valence-corrected chi connectivity index (χ2v) is 8.25. The average molecular weight is 308 g/mol. The lowest BCUT2D eigenvalue weighted by molar-refractivity contribution is 0.601. The van der Waals surface area contributed by atoms with Crippen molar-refractivity contribution < 1.29 is 0 Å². The van der Waals surface area contributed by atoms with E-state index in [0.29, 0.717) is 10.5 Å². The quantitative estimate of drug-likeness (QED) is 0.913. The zero-order valence-electron chi connectivity index (χ0n) is 9.90. The van der Waals surface area contributed by atoms with Gasteiger partial charge in [-0.05, 0) is 24.3 Å². The first-order valence-electron chi connectivity index (χ1n) is 5.93. The summed E-state index contributed by atoms with van der Waals surface area (Å²) >= 11 is 12.0. The highest BCUT2D eigenvalue weighted by Gasteiger charge is 2.30. The molecule has 1 aromatic heterocycles. The van der Waals surface area contributed by atoms with Gasteiger partial charge >= 0.3 is 0 Å². The van der Waals surface area contributed by atoms with Gasteiger partial charge in [0.25, 0.3) is 0 Å². The molecule has 1 saturated heterocycles. The fourth-order valence-electron chi connectivity index (χ4n) is 2.14. The van der Waals surface area contributed by atoms with Gasteiger partial charge in [0.2, 0.25) is 0 Å². The van der Waals surface area contributed by atoms with Gasteiger partial charge < -0.3 is 5.73 Å².